The normalized spacial score (nSPS) is 14.2. The molecule has 13 heavy (non-hydrogen) atoms. The third-order valence-corrected chi connectivity index (χ3v) is 2.05. The highest BCUT2D eigenvalue weighted by Crippen LogP contribution is 2.26. The number of benzene rings is 1. The molecule has 0 aliphatic carbocycles. The van der Waals surface area contributed by atoms with Gasteiger partial charge < -0.3 is 4.74 Å². The molecule has 0 fully saturated rings. The third kappa shape index (κ3) is 1.19. The van der Waals surface area contributed by atoms with Gasteiger partial charge in [0.15, 0.2) is 5.78 Å². The number of rotatable bonds is 0. The topological polar surface area (TPSA) is 26.3 Å². The Morgan fingerprint density at radius 1 is 1.46 bits per heavy atom. The van der Waals surface area contributed by atoms with E-state index in [-0.39, 0.29) is 5.78 Å². The maximum atomic E-state index is 11.5. The summed E-state index contributed by atoms with van der Waals surface area (Å²) in [5.41, 5.74) is 1.19. The monoisotopic (exact) mass is 172 g/mol. The first-order chi connectivity index (χ1) is 6.33. The van der Waals surface area contributed by atoms with Crippen LogP contribution in [-0.2, 0) is 0 Å². The molecule has 64 valence electrons. The Hall–Kier alpha value is -1.75. The van der Waals surface area contributed by atoms with E-state index in [4.69, 9.17) is 11.2 Å². The lowest BCUT2D eigenvalue weighted by molar-refractivity contribution is 0.0933. The van der Waals surface area contributed by atoms with Crippen molar-refractivity contribution in [3.05, 3.63) is 29.3 Å². The molecule has 0 saturated carbocycles. The number of hydrogen-bond acceptors (Lipinski definition) is 2. The molecule has 0 saturated heterocycles. The Morgan fingerprint density at radius 3 is 3.08 bits per heavy atom. The fourth-order valence-corrected chi connectivity index (χ4v) is 1.44. The maximum Gasteiger partial charge on any atom is 0.171 e. The zero-order valence-electron chi connectivity index (χ0n) is 7.04. The number of ketones is 1. The van der Waals surface area contributed by atoms with Crippen molar-refractivity contribution in [1.29, 1.82) is 0 Å². The van der Waals surface area contributed by atoms with Crippen LogP contribution in [0.25, 0.3) is 0 Å². The average Bonchev–Trinajstić information content (AvgIpc) is 2.17. The number of Topliss-reactive ketones (excluding diaryl/α,β-unsaturated/α-hetero) is 1. The first-order valence-corrected chi connectivity index (χ1v) is 4.08. The van der Waals surface area contributed by atoms with Crippen LogP contribution in [0.1, 0.15) is 22.3 Å². The van der Waals surface area contributed by atoms with Gasteiger partial charge in [0, 0.05) is 12.0 Å². The van der Waals surface area contributed by atoms with E-state index < -0.39 is 0 Å². The number of fused-ring (bicyclic) bond motifs is 1. The van der Waals surface area contributed by atoms with Gasteiger partial charge in [-0.15, -0.1) is 6.42 Å². The van der Waals surface area contributed by atoms with Gasteiger partial charge in [-0.2, -0.15) is 0 Å². The Morgan fingerprint density at radius 2 is 2.31 bits per heavy atom. The minimum absolute atomic E-state index is 0.0785. The number of carbonyl (C=O) groups is 1. The zero-order chi connectivity index (χ0) is 9.26. The Kier molecular flexibility index (Phi) is 1.79. The molecule has 0 unspecified atom stereocenters. The van der Waals surface area contributed by atoms with Gasteiger partial charge in [-0.05, 0) is 12.1 Å². The van der Waals surface area contributed by atoms with Crippen LogP contribution in [0.5, 0.6) is 5.75 Å². The highest BCUT2D eigenvalue weighted by atomic mass is 16.5. The molecule has 0 amide bonds. The summed E-state index contributed by atoms with van der Waals surface area (Å²) in [6.07, 6.45) is 5.70. The molecule has 1 aromatic rings. The van der Waals surface area contributed by atoms with Crippen molar-refractivity contribution in [3.63, 3.8) is 0 Å². The smallest absolute Gasteiger partial charge is 0.171 e. The van der Waals surface area contributed by atoms with E-state index in [2.05, 4.69) is 5.92 Å². The lowest BCUT2D eigenvalue weighted by Gasteiger charge is -2.16. The fourth-order valence-electron chi connectivity index (χ4n) is 1.44. The first kappa shape index (κ1) is 7.88. The molecule has 0 aromatic heterocycles. The standard InChI is InChI=1S/C11H8O2/c1-2-8-4-3-5-10-11(8)9(12)6-7-13-10/h1,3-5H,6-7H2. The van der Waals surface area contributed by atoms with E-state index in [0.29, 0.717) is 29.9 Å². The van der Waals surface area contributed by atoms with E-state index in [0.717, 1.165) is 0 Å². The number of terminal acetylenes is 1. The van der Waals surface area contributed by atoms with Crippen LogP contribution in [0.4, 0.5) is 0 Å². The summed E-state index contributed by atoms with van der Waals surface area (Å²) in [4.78, 5) is 11.5. The van der Waals surface area contributed by atoms with E-state index in [1.54, 1.807) is 18.2 Å². The van der Waals surface area contributed by atoms with E-state index in [1.165, 1.54) is 0 Å². The van der Waals surface area contributed by atoms with Gasteiger partial charge in [-0.3, -0.25) is 4.79 Å². The molecule has 0 atom stereocenters. The van der Waals surface area contributed by atoms with Gasteiger partial charge >= 0.3 is 0 Å². The third-order valence-electron chi connectivity index (χ3n) is 2.05. The fraction of sp³-hybridized carbons (Fsp3) is 0.182. The van der Waals surface area contributed by atoms with Gasteiger partial charge in [-0.1, -0.05) is 12.0 Å². The summed E-state index contributed by atoms with van der Waals surface area (Å²) in [5.74, 6) is 3.18. The predicted molar refractivity (Wildman–Crippen MR) is 48.8 cm³/mol. The molecule has 2 heteroatoms. The Labute approximate surface area is 76.5 Å². The molecule has 1 heterocycles. The number of carbonyl (C=O) groups excluding carboxylic acids is 1. The largest absolute Gasteiger partial charge is 0.492 e. The summed E-state index contributed by atoms with van der Waals surface area (Å²) < 4.78 is 5.32. The molecule has 2 rings (SSSR count). The molecular weight excluding hydrogens is 164 g/mol. The predicted octanol–water partition coefficient (Wildman–Crippen LogP) is 1.63. The average molecular weight is 172 g/mol. The second-order valence-corrected chi connectivity index (χ2v) is 2.84. The second kappa shape index (κ2) is 2.95. The van der Waals surface area contributed by atoms with Crippen LogP contribution in [0, 0.1) is 12.3 Å². The van der Waals surface area contributed by atoms with Crippen molar-refractivity contribution in [2.24, 2.45) is 0 Å². The van der Waals surface area contributed by atoms with Crippen molar-refractivity contribution in [3.8, 4) is 18.1 Å². The van der Waals surface area contributed by atoms with Crippen LogP contribution in [0.3, 0.4) is 0 Å². The zero-order valence-corrected chi connectivity index (χ0v) is 7.04. The molecule has 0 radical (unpaired) electrons. The van der Waals surface area contributed by atoms with Gasteiger partial charge in [0.1, 0.15) is 5.75 Å². The van der Waals surface area contributed by atoms with Gasteiger partial charge in [0.05, 0.1) is 12.2 Å². The van der Waals surface area contributed by atoms with Crippen LogP contribution >= 0.6 is 0 Å². The summed E-state index contributed by atoms with van der Waals surface area (Å²) >= 11 is 0. The highest BCUT2D eigenvalue weighted by molar-refractivity contribution is 6.01. The quantitative estimate of drug-likeness (QED) is 0.556. The molecule has 1 aliphatic heterocycles. The van der Waals surface area contributed by atoms with Crippen molar-refractivity contribution in [1.82, 2.24) is 0 Å². The molecule has 0 bridgehead atoms. The molecule has 0 spiro atoms. The summed E-state index contributed by atoms with van der Waals surface area (Å²) in [7, 11) is 0. The van der Waals surface area contributed by atoms with Crippen molar-refractivity contribution in [2.45, 2.75) is 6.42 Å². The van der Waals surface area contributed by atoms with E-state index in [1.807, 2.05) is 0 Å². The summed E-state index contributed by atoms with van der Waals surface area (Å²) in [5, 5.41) is 0. The molecule has 1 aromatic carbocycles. The molecule has 2 nitrogen and oxygen atoms in total. The van der Waals surface area contributed by atoms with E-state index >= 15 is 0 Å². The minimum Gasteiger partial charge on any atom is -0.492 e. The van der Waals surface area contributed by atoms with Crippen molar-refractivity contribution in [2.75, 3.05) is 6.61 Å². The lowest BCUT2D eigenvalue weighted by Crippen LogP contribution is -2.16. The minimum atomic E-state index is 0.0785. The summed E-state index contributed by atoms with van der Waals surface area (Å²) in [6.45, 7) is 0.458. The molecular formula is C11H8O2. The van der Waals surface area contributed by atoms with Gasteiger partial charge in [-0.25, -0.2) is 0 Å². The SMILES string of the molecule is C#Cc1cccc2c1C(=O)CCO2. The van der Waals surface area contributed by atoms with Crippen LogP contribution in [0.15, 0.2) is 18.2 Å². The second-order valence-electron chi connectivity index (χ2n) is 2.84. The highest BCUT2D eigenvalue weighted by Gasteiger charge is 2.20. The van der Waals surface area contributed by atoms with E-state index in [9.17, 15) is 4.79 Å². The lowest BCUT2D eigenvalue weighted by atomic mass is 9.99. The Bertz CT molecular complexity index is 399. The van der Waals surface area contributed by atoms with Gasteiger partial charge in [0.2, 0.25) is 0 Å². The number of ether oxygens (including phenoxy) is 1. The van der Waals surface area contributed by atoms with Crippen LogP contribution < -0.4 is 4.74 Å². The Balaban J connectivity index is 2.65. The maximum absolute atomic E-state index is 11.5. The number of hydrogen-bond donors (Lipinski definition) is 0. The van der Waals surface area contributed by atoms with Crippen LogP contribution in [0.2, 0.25) is 0 Å². The van der Waals surface area contributed by atoms with Crippen LogP contribution in [-0.4, -0.2) is 12.4 Å². The van der Waals surface area contributed by atoms with Crippen molar-refractivity contribution >= 4 is 5.78 Å². The van der Waals surface area contributed by atoms with Gasteiger partial charge in [0.25, 0.3) is 0 Å². The van der Waals surface area contributed by atoms with Crippen molar-refractivity contribution < 1.29 is 9.53 Å². The first-order valence-electron chi connectivity index (χ1n) is 4.08. The summed E-state index contributed by atoms with van der Waals surface area (Å²) in [6, 6.07) is 5.32. The molecule has 1 aliphatic rings. The molecule has 0 N–H and O–H groups in total.